The van der Waals surface area contributed by atoms with E-state index in [-0.39, 0.29) is 23.5 Å². The molecule has 14 heavy (non-hydrogen) atoms. The maximum atomic E-state index is 9.75. The minimum Gasteiger partial charge on any atom is -0.394 e. The number of hydrogen-bond acceptors (Lipinski definition) is 6. The summed E-state index contributed by atoms with van der Waals surface area (Å²) in [7, 11) is 0. The minimum atomic E-state index is -1.01. The van der Waals surface area contributed by atoms with Gasteiger partial charge in [-0.3, -0.25) is 5.32 Å². The largest absolute Gasteiger partial charge is 0.394 e. The standard InChI is InChI=1S/C8H15NO4S/c1-3-9-5-7(12)6(11)4(2-10)13-8(5)14-3/h3-12H,2H2,1H3/t3-,4+,5+,6+,7+,8+/m0/s1. The smallest absolute Gasteiger partial charge is 0.123 e. The van der Waals surface area contributed by atoms with E-state index < -0.39 is 18.3 Å². The van der Waals surface area contributed by atoms with Crippen molar-refractivity contribution in [2.75, 3.05) is 6.61 Å². The molecular weight excluding hydrogens is 206 g/mol. The summed E-state index contributed by atoms with van der Waals surface area (Å²) in [6.45, 7) is 1.70. The van der Waals surface area contributed by atoms with Crippen LogP contribution < -0.4 is 5.32 Å². The average Bonchev–Trinajstić information content (AvgIpc) is 2.52. The Morgan fingerprint density at radius 1 is 1.36 bits per heavy atom. The van der Waals surface area contributed by atoms with Crippen LogP contribution in [-0.2, 0) is 4.74 Å². The lowest BCUT2D eigenvalue weighted by Gasteiger charge is -2.38. The van der Waals surface area contributed by atoms with Crippen molar-refractivity contribution in [3.63, 3.8) is 0 Å². The van der Waals surface area contributed by atoms with Crippen LogP contribution in [-0.4, -0.2) is 57.1 Å². The number of rotatable bonds is 1. The number of aliphatic hydroxyl groups excluding tert-OH is 3. The van der Waals surface area contributed by atoms with Crippen molar-refractivity contribution in [2.24, 2.45) is 0 Å². The second-order valence-electron chi connectivity index (χ2n) is 3.68. The van der Waals surface area contributed by atoms with E-state index in [9.17, 15) is 10.2 Å². The first kappa shape index (κ1) is 10.7. The van der Waals surface area contributed by atoms with E-state index in [0.29, 0.717) is 0 Å². The molecule has 0 amide bonds. The Bertz CT molecular complexity index is 216. The summed E-state index contributed by atoms with van der Waals surface area (Å²) in [5, 5.41) is 31.6. The van der Waals surface area contributed by atoms with Crippen LogP contribution in [0.5, 0.6) is 0 Å². The average molecular weight is 221 g/mol. The molecule has 6 atom stereocenters. The fourth-order valence-electron chi connectivity index (χ4n) is 1.89. The molecule has 4 N–H and O–H groups in total. The number of nitrogens with one attached hydrogen (secondary N) is 1. The highest BCUT2D eigenvalue weighted by Gasteiger charge is 2.48. The van der Waals surface area contributed by atoms with E-state index >= 15 is 0 Å². The van der Waals surface area contributed by atoms with Crippen molar-refractivity contribution < 1.29 is 20.1 Å². The molecule has 6 heteroatoms. The van der Waals surface area contributed by atoms with Gasteiger partial charge in [0, 0.05) is 0 Å². The van der Waals surface area contributed by atoms with Gasteiger partial charge in [0.2, 0.25) is 0 Å². The zero-order valence-corrected chi connectivity index (χ0v) is 8.65. The summed E-state index contributed by atoms with van der Waals surface area (Å²) >= 11 is 1.56. The molecule has 5 nitrogen and oxygen atoms in total. The molecule has 0 aromatic carbocycles. The Labute approximate surface area is 86.5 Å². The van der Waals surface area contributed by atoms with E-state index in [0.717, 1.165) is 0 Å². The molecule has 2 rings (SSSR count). The Morgan fingerprint density at radius 2 is 2.07 bits per heavy atom. The number of fused-ring (bicyclic) bond motifs is 1. The van der Waals surface area contributed by atoms with Crippen molar-refractivity contribution in [2.45, 2.75) is 42.1 Å². The van der Waals surface area contributed by atoms with Crippen LogP contribution in [0.15, 0.2) is 0 Å². The molecule has 0 saturated carbocycles. The first-order chi connectivity index (χ1) is 6.63. The molecule has 2 heterocycles. The highest BCUT2D eigenvalue weighted by atomic mass is 32.2. The Morgan fingerprint density at radius 3 is 2.71 bits per heavy atom. The number of ether oxygens (including phenoxy) is 1. The van der Waals surface area contributed by atoms with E-state index in [1.165, 1.54) is 0 Å². The Hall–Kier alpha value is 0.150. The zero-order valence-electron chi connectivity index (χ0n) is 7.83. The highest BCUT2D eigenvalue weighted by molar-refractivity contribution is 8.00. The molecule has 0 spiro atoms. The van der Waals surface area contributed by atoms with Gasteiger partial charge in [-0.1, -0.05) is 0 Å². The first-order valence-corrected chi connectivity index (χ1v) is 5.61. The lowest BCUT2D eigenvalue weighted by molar-refractivity contribution is -0.168. The van der Waals surface area contributed by atoms with Crippen molar-refractivity contribution in [1.82, 2.24) is 5.32 Å². The van der Waals surface area contributed by atoms with Gasteiger partial charge in [-0.2, -0.15) is 0 Å². The maximum absolute atomic E-state index is 9.75. The van der Waals surface area contributed by atoms with Crippen molar-refractivity contribution in [1.29, 1.82) is 0 Å². The normalized spacial score (nSPS) is 53.1. The van der Waals surface area contributed by atoms with Gasteiger partial charge in [0.25, 0.3) is 0 Å². The van der Waals surface area contributed by atoms with Crippen LogP contribution in [0.2, 0.25) is 0 Å². The monoisotopic (exact) mass is 221 g/mol. The predicted molar refractivity (Wildman–Crippen MR) is 51.7 cm³/mol. The van der Waals surface area contributed by atoms with Crippen molar-refractivity contribution in [3.05, 3.63) is 0 Å². The summed E-state index contributed by atoms with van der Waals surface area (Å²) in [4.78, 5) is 0. The summed E-state index contributed by atoms with van der Waals surface area (Å²) < 4.78 is 5.45. The third kappa shape index (κ3) is 1.66. The highest BCUT2D eigenvalue weighted by Crippen LogP contribution is 2.35. The lowest BCUT2D eigenvalue weighted by atomic mass is 9.98. The van der Waals surface area contributed by atoms with Crippen LogP contribution >= 0.6 is 11.8 Å². The van der Waals surface area contributed by atoms with Crippen LogP contribution in [0.4, 0.5) is 0 Å². The second kappa shape index (κ2) is 3.96. The SMILES string of the molecule is C[C@H]1N[C@@H]2[C@@H](O)[C@H](O)[C@@H](CO)O[C@@H]2S1. The first-order valence-electron chi connectivity index (χ1n) is 4.67. The molecule has 0 unspecified atom stereocenters. The van der Waals surface area contributed by atoms with Gasteiger partial charge in [0.05, 0.1) is 18.0 Å². The third-order valence-electron chi connectivity index (χ3n) is 2.65. The molecule has 2 aliphatic heterocycles. The van der Waals surface area contributed by atoms with Gasteiger partial charge >= 0.3 is 0 Å². The maximum Gasteiger partial charge on any atom is 0.123 e. The second-order valence-corrected chi connectivity index (χ2v) is 5.12. The molecule has 2 aliphatic rings. The van der Waals surface area contributed by atoms with Gasteiger partial charge in [0.15, 0.2) is 0 Å². The van der Waals surface area contributed by atoms with Gasteiger partial charge in [-0.15, -0.1) is 11.8 Å². The minimum absolute atomic E-state index is 0.180. The summed E-state index contributed by atoms with van der Waals surface area (Å²) in [5.74, 6) is 0. The van der Waals surface area contributed by atoms with Gasteiger partial charge in [0.1, 0.15) is 23.7 Å². The van der Waals surface area contributed by atoms with E-state index in [1.54, 1.807) is 11.8 Å². The number of aliphatic hydroxyl groups is 3. The number of hydrogen-bond donors (Lipinski definition) is 4. The molecule has 2 saturated heterocycles. The molecule has 82 valence electrons. The zero-order chi connectivity index (χ0) is 10.3. The van der Waals surface area contributed by atoms with Gasteiger partial charge < -0.3 is 20.1 Å². The number of thioether (sulfide) groups is 1. The third-order valence-corrected chi connectivity index (χ3v) is 3.86. The molecular formula is C8H15NO4S. The van der Waals surface area contributed by atoms with Crippen molar-refractivity contribution in [3.8, 4) is 0 Å². The molecule has 0 aromatic heterocycles. The van der Waals surface area contributed by atoms with Gasteiger partial charge in [-0.25, -0.2) is 0 Å². The molecule has 2 fully saturated rings. The van der Waals surface area contributed by atoms with Crippen molar-refractivity contribution >= 4 is 11.8 Å². The molecule has 0 bridgehead atoms. The summed E-state index contributed by atoms with van der Waals surface area (Å²) in [6, 6.07) is -0.243. The summed E-state index contributed by atoms with van der Waals surface area (Å²) in [6.07, 6.45) is -2.56. The van der Waals surface area contributed by atoms with E-state index in [1.807, 2.05) is 6.92 Å². The summed E-state index contributed by atoms with van der Waals surface area (Å²) in [5.41, 5.74) is -0.180. The molecule has 0 aromatic rings. The van der Waals surface area contributed by atoms with Crippen LogP contribution in [0.3, 0.4) is 0 Å². The predicted octanol–water partition coefficient (Wildman–Crippen LogP) is -1.52. The van der Waals surface area contributed by atoms with Crippen LogP contribution in [0.1, 0.15) is 6.92 Å². The fraction of sp³-hybridized carbons (Fsp3) is 1.00. The van der Waals surface area contributed by atoms with Crippen LogP contribution in [0, 0.1) is 0 Å². The Kier molecular flexibility index (Phi) is 3.01. The van der Waals surface area contributed by atoms with E-state index in [2.05, 4.69) is 5.32 Å². The van der Waals surface area contributed by atoms with Gasteiger partial charge in [-0.05, 0) is 6.92 Å². The quantitative estimate of drug-likeness (QED) is 0.430. The lowest BCUT2D eigenvalue weighted by Crippen LogP contribution is -2.59. The van der Waals surface area contributed by atoms with Crippen LogP contribution in [0.25, 0.3) is 0 Å². The Balaban J connectivity index is 2.09. The molecule has 0 aliphatic carbocycles. The van der Waals surface area contributed by atoms with E-state index in [4.69, 9.17) is 9.84 Å². The topological polar surface area (TPSA) is 82.0 Å². The molecule has 0 radical (unpaired) electrons. The fourth-order valence-corrected chi connectivity index (χ4v) is 3.14.